The molecule has 2 N–H and O–H groups in total. The van der Waals surface area contributed by atoms with Gasteiger partial charge in [0.05, 0.1) is 11.9 Å². The van der Waals surface area contributed by atoms with Crippen LogP contribution in [-0.4, -0.2) is 23.2 Å². The highest BCUT2D eigenvalue weighted by molar-refractivity contribution is 5.76. The zero-order valence-electron chi connectivity index (χ0n) is 11.5. The zero-order chi connectivity index (χ0) is 13.7. The van der Waals surface area contributed by atoms with Crippen LogP contribution in [0, 0.1) is 5.92 Å². The largest absolute Gasteiger partial charge is 0.469 e. The van der Waals surface area contributed by atoms with E-state index in [0.29, 0.717) is 18.8 Å². The molecule has 4 nitrogen and oxygen atoms in total. The summed E-state index contributed by atoms with van der Waals surface area (Å²) < 4.78 is 5.21. The maximum atomic E-state index is 11.8. The van der Waals surface area contributed by atoms with Crippen LogP contribution in [0.4, 0.5) is 0 Å². The van der Waals surface area contributed by atoms with Gasteiger partial charge in [0.1, 0.15) is 5.76 Å². The van der Waals surface area contributed by atoms with Crippen molar-refractivity contribution in [2.75, 3.05) is 6.54 Å². The van der Waals surface area contributed by atoms with Gasteiger partial charge in [-0.3, -0.25) is 4.79 Å². The van der Waals surface area contributed by atoms with E-state index in [4.69, 9.17) is 4.42 Å². The molecule has 1 aliphatic rings. The maximum absolute atomic E-state index is 11.8. The molecule has 1 aromatic rings. The lowest BCUT2D eigenvalue weighted by Crippen LogP contribution is -2.42. The van der Waals surface area contributed by atoms with Crippen LogP contribution in [0.1, 0.15) is 44.8 Å². The van der Waals surface area contributed by atoms with Crippen LogP contribution in [0.2, 0.25) is 0 Å². The number of furan rings is 1. The first-order valence-electron chi connectivity index (χ1n) is 7.07. The van der Waals surface area contributed by atoms with Crippen molar-refractivity contribution in [3.05, 3.63) is 24.2 Å². The SMILES string of the molecule is CC(O)(CNC(=O)CC1CCCC1)Cc1ccco1. The molecule has 0 aromatic carbocycles. The molecule has 19 heavy (non-hydrogen) atoms. The van der Waals surface area contributed by atoms with Crippen LogP contribution in [0.25, 0.3) is 0 Å². The molecule has 2 rings (SSSR count). The second-order valence-electron chi connectivity index (χ2n) is 5.88. The summed E-state index contributed by atoms with van der Waals surface area (Å²) in [4.78, 5) is 11.8. The van der Waals surface area contributed by atoms with Gasteiger partial charge in [-0.25, -0.2) is 0 Å². The minimum atomic E-state index is -0.969. The van der Waals surface area contributed by atoms with E-state index in [0.717, 1.165) is 18.6 Å². The first-order chi connectivity index (χ1) is 9.05. The third kappa shape index (κ3) is 4.71. The van der Waals surface area contributed by atoms with Gasteiger partial charge < -0.3 is 14.8 Å². The second-order valence-corrected chi connectivity index (χ2v) is 5.88. The lowest BCUT2D eigenvalue weighted by Gasteiger charge is -2.23. The van der Waals surface area contributed by atoms with Crippen molar-refractivity contribution in [3.8, 4) is 0 Å². The molecule has 106 valence electrons. The van der Waals surface area contributed by atoms with E-state index in [-0.39, 0.29) is 12.5 Å². The van der Waals surface area contributed by atoms with E-state index in [1.807, 2.05) is 6.07 Å². The molecular weight excluding hydrogens is 242 g/mol. The van der Waals surface area contributed by atoms with Crippen LogP contribution in [0.15, 0.2) is 22.8 Å². The molecule has 1 atom stereocenters. The Kier molecular flexibility index (Phi) is 4.64. The summed E-state index contributed by atoms with van der Waals surface area (Å²) in [6.45, 7) is 1.98. The number of rotatable bonds is 6. The maximum Gasteiger partial charge on any atom is 0.220 e. The third-order valence-electron chi connectivity index (χ3n) is 3.75. The topological polar surface area (TPSA) is 62.5 Å². The standard InChI is InChI=1S/C15H23NO3/c1-15(18,10-13-7-4-8-19-13)11-16-14(17)9-12-5-2-3-6-12/h4,7-8,12,18H,2-3,5-6,9-11H2,1H3,(H,16,17). The van der Waals surface area contributed by atoms with Gasteiger partial charge >= 0.3 is 0 Å². The van der Waals surface area contributed by atoms with Gasteiger partial charge in [-0.1, -0.05) is 12.8 Å². The average Bonchev–Trinajstić information content (AvgIpc) is 2.99. The number of hydrogen-bond acceptors (Lipinski definition) is 3. The van der Waals surface area contributed by atoms with Crippen molar-refractivity contribution < 1.29 is 14.3 Å². The number of carbonyl (C=O) groups excluding carboxylic acids is 1. The Balaban J connectivity index is 1.72. The first-order valence-corrected chi connectivity index (χ1v) is 7.07. The van der Waals surface area contributed by atoms with Crippen LogP contribution >= 0.6 is 0 Å². The van der Waals surface area contributed by atoms with Crippen molar-refractivity contribution in [2.24, 2.45) is 5.92 Å². The molecule has 1 heterocycles. The fourth-order valence-electron chi connectivity index (χ4n) is 2.69. The Morgan fingerprint density at radius 3 is 2.89 bits per heavy atom. The second kappa shape index (κ2) is 6.24. The monoisotopic (exact) mass is 265 g/mol. The number of hydrogen-bond donors (Lipinski definition) is 2. The van der Waals surface area contributed by atoms with Gasteiger partial charge in [0.25, 0.3) is 0 Å². The number of nitrogens with one attached hydrogen (secondary N) is 1. The lowest BCUT2D eigenvalue weighted by molar-refractivity contribution is -0.123. The lowest BCUT2D eigenvalue weighted by atomic mass is 10.00. The molecule has 1 fully saturated rings. The summed E-state index contributed by atoms with van der Waals surface area (Å²) in [6.07, 6.45) is 7.40. The molecule has 0 aliphatic heterocycles. The molecule has 1 amide bonds. The smallest absolute Gasteiger partial charge is 0.220 e. The van der Waals surface area contributed by atoms with Crippen LogP contribution in [0.3, 0.4) is 0 Å². The number of amides is 1. The number of aliphatic hydroxyl groups is 1. The molecular formula is C15H23NO3. The van der Waals surface area contributed by atoms with Gasteiger partial charge in [-0.2, -0.15) is 0 Å². The molecule has 0 radical (unpaired) electrons. The highest BCUT2D eigenvalue weighted by Gasteiger charge is 2.24. The van der Waals surface area contributed by atoms with Gasteiger partial charge in [0.15, 0.2) is 0 Å². The quantitative estimate of drug-likeness (QED) is 0.829. The summed E-state index contributed by atoms with van der Waals surface area (Å²) >= 11 is 0. The van der Waals surface area contributed by atoms with E-state index < -0.39 is 5.60 Å². The Morgan fingerprint density at radius 2 is 2.26 bits per heavy atom. The van der Waals surface area contributed by atoms with Gasteiger partial charge in [-0.05, 0) is 37.8 Å². The predicted octanol–water partition coefficient (Wildman–Crippen LogP) is 2.27. The van der Waals surface area contributed by atoms with E-state index >= 15 is 0 Å². The fourth-order valence-corrected chi connectivity index (χ4v) is 2.69. The van der Waals surface area contributed by atoms with Crippen LogP contribution in [-0.2, 0) is 11.2 Å². The molecule has 4 heteroatoms. The first kappa shape index (κ1) is 14.1. The van der Waals surface area contributed by atoms with Gasteiger partial charge in [-0.15, -0.1) is 0 Å². The summed E-state index contributed by atoms with van der Waals surface area (Å²) in [5.74, 6) is 1.32. The van der Waals surface area contributed by atoms with Crippen molar-refractivity contribution in [3.63, 3.8) is 0 Å². The molecule has 1 unspecified atom stereocenters. The normalized spacial score (nSPS) is 19.3. The van der Waals surface area contributed by atoms with E-state index in [9.17, 15) is 9.90 Å². The Hall–Kier alpha value is -1.29. The highest BCUT2D eigenvalue weighted by Crippen LogP contribution is 2.27. The Bertz CT molecular complexity index is 392. The van der Waals surface area contributed by atoms with Crippen LogP contribution in [0.5, 0.6) is 0 Å². The molecule has 1 aromatic heterocycles. The van der Waals surface area contributed by atoms with Crippen molar-refractivity contribution in [1.82, 2.24) is 5.32 Å². The summed E-state index contributed by atoms with van der Waals surface area (Å²) in [5, 5.41) is 13.1. The van der Waals surface area contributed by atoms with Crippen molar-refractivity contribution in [2.45, 2.75) is 51.0 Å². The fraction of sp³-hybridized carbons (Fsp3) is 0.667. The zero-order valence-corrected chi connectivity index (χ0v) is 11.5. The van der Waals surface area contributed by atoms with Crippen LogP contribution < -0.4 is 5.32 Å². The Labute approximate surface area is 114 Å². The van der Waals surface area contributed by atoms with E-state index in [2.05, 4.69) is 5.32 Å². The average molecular weight is 265 g/mol. The van der Waals surface area contributed by atoms with E-state index in [1.54, 1.807) is 19.3 Å². The summed E-state index contributed by atoms with van der Waals surface area (Å²) in [7, 11) is 0. The minimum Gasteiger partial charge on any atom is -0.469 e. The molecule has 0 bridgehead atoms. The molecule has 0 saturated heterocycles. The van der Waals surface area contributed by atoms with Gasteiger partial charge in [0.2, 0.25) is 5.91 Å². The van der Waals surface area contributed by atoms with Crippen molar-refractivity contribution >= 4 is 5.91 Å². The molecule has 1 aliphatic carbocycles. The molecule has 0 spiro atoms. The minimum absolute atomic E-state index is 0.0478. The predicted molar refractivity (Wildman–Crippen MR) is 72.6 cm³/mol. The Morgan fingerprint density at radius 1 is 1.53 bits per heavy atom. The van der Waals surface area contributed by atoms with Gasteiger partial charge in [0, 0.05) is 19.4 Å². The van der Waals surface area contributed by atoms with Crippen molar-refractivity contribution in [1.29, 1.82) is 0 Å². The summed E-state index contributed by atoms with van der Waals surface area (Å²) in [5.41, 5.74) is -0.969. The highest BCUT2D eigenvalue weighted by atomic mass is 16.3. The van der Waals surface area contributed by atoms with E-state index in [1.165, 1.54) is 12.8 Å². The third-order valence-corrected chi connectivity index (χ3v) is 3.75. The molecule has 1 saturated carbocycles. The number of carbonyl (C=O) groups is 1. The summed E-state index contributed by atoms with van der Waals surface area (Å²) in [6, 6.07) is 3.62.